The highest BCUT2D eigenvalue weighted by atomic mass is 16.3. The zero-order valence-electron chi connectivity index (χ0n) is 14.6. The van der Waals surface area contributed by atoms with E-state index in [9.17, 15) is 4.79 Å². The fourth-order valence-electron chi connectivity index (χ4n) is 3.04. The third kappa shape index (κ3) is 2.75. The minimum Gasteiger partial charge on any atom is -0.450 e. The van der Waals surface area contributed by atoms with E-state index >= 15 is 0 Å². The molecule has 0 radical (unpaired) electrons. The van der Waals surface area contributed by atoms with E-state index in [-0.39, 0.29) is 5.91 Å². The first-order valence-electron chi connectivity index (χ1n) is 8.32. The monoisotopic (exact) mass is 346 g/mol. The number of nitrogens with one attached hydrogen (secondary N) is 1. The van der Waals surface area contributed by atoms with E-state index in [1.54, 1.807) is 13.4 Å². The van der Waals surface area contributed by atoms with Crippen molar-refractivity contribution in [3.8, 4) is 0 Å². The van der Waals surface area contributed by atoms with E-state index in [0.717, 1.165) is 27.9 Å². The minimum atomic E-state index is -0.0929. The van der Waals surface area contributed by atoms with Gasteiger partial charge in [0.15, 0.2) is 11.4 Å². The molecule has 0 atom stereocenters. The van der Waals surface area contributed by atoms with Gasteiger partial charge in [-0.25, -0.2) is 9.97 Å². The van der Waals surface area contributed by atoms with Crippen molar-refractivity contribution >= 4 is 33.8 Å². The summed E-state index contributed by atoms with van der Waals surface area (Å²) in [5.41, 5.74) is 4.00. The molecule has 0 spiro atoms. The highest BCUT2D eigenvalue weighted by Crippen LogP contribution is 2.32. The molecule has 0 saturated heterocycles. The second-order valence-corrected chi connectivity index (χ2v) is 6.11. The zero-order chi connectivity index (χ0) is 18.1. The average Bonchev–Trinajstić information content (AvgIpc) is 3.06. The van der Waals surface area contributed by atoms with E-state index in [1.165, 1.54) is 0 Å². The Morgan fingerprint density at radius 2 is 1.88 bits per heavy atom. The fraction of sp³-hybridized carbons (Fsp3) is 0.150. The molecule has 4 aromatic rings. The second-order valence-electron chi connectivity index (χ2n) is 6.11. The van der Waals surface area contributed by atoms with Gasteiger partial charge < -0.3 is 14.6 Å². The van der Waals surface area contributed by atoms with E-state index in [4.69, 9.17) is 4.42 Å². The van der Waals surface area contributed by atoms with E-state index < -0.39 is 0 Å². The van der Waals surface area contributed by atoms with Crippen molar-refractivity contribution in [1.29, 1.82) is 0 Å². The van der Waals surface area contributed by atoms with Crippen LogP contribution in [0.1, 0.15) is 15.9 Å². The van der Waals surface area contributed by atoms with Crippen LogP contribution in [-0.2, 0) is 6.54 Å². The van der Waals surface area contributed by atoms with Gasteiger partial charge in [-0.3, -0.25) is 4.79 Å². The molecule has 26 heavy (non-hydrogen) atoms. The van der Waals surface area contributed by atoms with Gasteiger partial charge in [0.1, 0.15) is 17.4 Å². The number of rotatable bonds is 4. The highest BCUT2D eigenvalue weighted by molar-refractivity contribution is 6.05. The van der Waals surface area contributed by atoms with Crippen molar-refractivity contribution in [1.82, 2.24) is 15.3 Å². The number of hydrogen-bond acceptors (Lipinski definition) is 5. The molecule has 1 N–H and O–H groups in total. The molecule has 1 amide bonds. The Hall–Kier alpha value is -3.41. The van der Waals surface area contributed by atoms with Crippen molar-refractivity contribution in [2.75, 3.05) is 19.0 Å². The number of fused-ring (bicyclic) bond motifs is 3. The summed E-state index contributed by atoms with van der Waals surface area (Å²) in [4.78, 5) is 22.5. The lowest BCUT2D eigenvalue weighted by Gasteiger charge is -2.18. The number of carbonyl (C=O) groups excluding carboxylic acids is 1. The number of hydrogen-bond donors (Lipinski definition) is 1. The Kier molecular flexibility index (Phi) is 4.01. The summed E-state index contributed by atoms with van der Waals surface area (Å²) in [6.07, 6.45) is 1.56. The Balaban J connectivity index is 1.66. The maximum absolute atomic E-state index is 11.6. The van der Waals surface area contributed by atoms with E-state index in [2.05, 4.69) is 15.3 Å². The van der Waals surface area contributed by atoms with Gasteiger partial charge in [-0.2, -0.15) is 0 Å². The normalized spacial score (nSPS) is 11.0. The molecule has 6 nitrogen and oxygen atoms in total. The first kappa shape index (κ1) is 16.1. The number of carbonyl (C=O) groups is 1. The number of anilines is 1. The molecule has 130 valence electrons. The molecule has 0 fully saturated rings. The van der Waals surface area contributed by atoms with Crippen molar-refractivity contribution in [2.24, 2.45) is 0 Å². The molecule has 0 saturated carbocycles. The van der Waals surface area contributed by atoms with Crippen LogP contribution in [0.25, 0.3) is 22.1 Å². The van der Waals surface area contributed by atoms with Crippen LogP contribution in [0.2, 0.25) is 0 Å². The lowest BCUT2D eigenvalue weighted by molar-refractivity contribution is 0.0963. The van der Waals surface area contributed by atoms with E-state index in [1.807, 2.05) is 60.5 Å². The van der Waals surface area contributed by atoms with Gasteiger partial charge in [0.05, 0.1) is 0 Å². The quantitative estimate of drug-likeness (QED) is 0.613. The maximum Gasteiger partial charge on any atom is 0.251 e. The molecule has 6 heteroatoms. The number of benzene rings is 2. The van der Waals surface area contributed by atoms with Gasteiger partial charge in [-0.15, -0.1) is 0 Å². The Morgan fingerprint density at radius 1 is 1.12 bits per heavy atom. The first-order chi connectivity index (χ1) is 12.7. The summed E-state index contributed by atoms with van der Waals surface area (Å²) in [7, 11) is 3.58. The van der Waals surface area contributed by atoms with Crippen LogP contribution in [0.4, 0.5) is 5.82 Å². The van der Waals surface area contributed by atoms with Crippen LogP contribution in [0, 0.1) is 0 Å². The van der Waals surface area contributed by atoms with Crippen molar-refractivity contribution < 1.29 is 9.21 Å². The smallest absolute Gasteiger partial charge is 0.251 e. The predicted octanol–water partition coefficient (Wildman–Crippen LogP) is 3.37. The van der Waals surface area contributed by atoms with Crippen LogP contribution >= 0.6 is 0 Å². The Labute approximate surface area is 150 Å². The molecule has 0 bridgehead atoms. The zero-order valence-corrected chi connectivity index (χ0v) is 14.6. The first-order valence-corrected chi connectivity index (χ1v) is 8.32. The Bertz CT molecular complexity index is 1090. The summed E-state index contributed by atoms with van der Waals surface area (Å²) in [5.74, 6) is 0.645. The summed E-state index contributed by atoms with van der Waals surface area (Å²) in [6, 6.07) is 15.4. The number of aromatic nitrogens is 2. The van der Waals surface area contributed by atoms with Crippen molar-refractivity contribution in [3.05, 3.63) is 66.0 Å². The number of para-hydroxylation sites is 1. The maximum atomic E-state index is 11.6. The highest BCUT2D eigenvalue weighted by Gasteiger charge is 2.16. The summed E-state index contributed by atoms with van der Waals surface area (Å²) in [5, 5.41) is 3.60. The third-order valence-electron chi connectivity index (χ3n) is 4.36. The van der Waals surface area contributed by atoms with Gasteiger partial charge in [-0.1, -0.05) is 24.3 Å². The van der Waals surface area contributed by atoms with Crippen molar-refractivity contribution in [3.63, 3.8) is 0 Å². The molecule has 2 aromatic heterocycles. The molecular formula is C20H18N4O2. The summed E-state index contributed by atoms with van der Waals surface area (Å²) >= 11 is 0. The largest absolute Gasteiger partial charge is 0.450 e. The Morgan fingerprint density at radius 3 is 2.65 bits per heavy atom. The van der Waals surface area contributed by atoms with Gasteiger partial charge in [0.25, 0.3) is 5.91 Å². The summed E-state index contributed by atoms with van der Waals surface area (Å²) in [6.45, 7) is 0.636. The topological polar surface area (TPSA) is 71.3 Å². The minimum absolute atomic E-state index is 0.0929. The van der Waals surface area contributed by atoms with Gasteiger partial charge >= 0.3 is 0 Å². The van der Waals surface area contributed by atoms with Crippen LogP contribution in [0.3, 0.4) is 0 Å². The van der Waals surface area contributed by atoms with Crippen LogP contribution < -0.4 is 10.2 Å². The van der Waals surface area contributed by atoms with Crippen LogP contribution in [-0.4, -0.2) is 30.0 Å². The van der Waals surface area contributed by atoms with Crippen LogP contribution in [0.15, 0.2) is 59.3 Å². The number of amides is 1. The number of furan rings is 1. The molecule has 0 aliphatic heterocycles. The molecule has 0 aliphatic carbocycles. The molecule has 2 heterocycles. The molecule has 0 unspecified atom stereocenters. The lowest BCUT2D eigenvalue weighted by Crippen LogP contribution is -2.19. The second kappa shape index (κ2) is 6.48. The fourth-order valence-corrected chi connectivity index (χ4v) is 3.04. The molecule has 2 aromatic carbocycles. The number of nitrogens with zero attached hydrogens (tertiary/aromatic N) is 3. The van der Waals surface area contributed by atoms with Gasteiger partial charge in [-0.05, 0) is 29.8 Å². The average molecular weight is 346 g/mol. The standard InChI is InChI=1S/C20H18N4O2/c1-21-20(25)14-9-7-13(8-10-14)11-24(2)19-18-17(22-12-23-19)15-5-3-4-6-16(15)26-18/h3-10,12H,11H2,1-2H3,(H,21,25). The van der Waals surface area contributed by atoms with E-state index in [0.29, 0.717) is 17.7 Å². The molecule has 4 rings (SSSR count). The van der Waals surface area contributed by atoms with Crippen LogP contribution in [0.5, 0.6) is 0 Å². The van der Waals surface area contributed by atoms with Gasteiger partial charge in [0, 0.05) is 31.6 Å². The third-order valence-corrected chi connectivity index (χ3v) is 4.36. The predicted molar refractivity (Wildman–Crippen MR) is 101 cm³/mol. The SMILES string of the molecule is CNC(=O)c1ccc(CN(C)c2ncnc3c2oc2ccccc23)cc1. The molecular weight excluding hydrogens is 328 g/mol. The van der Waals surface area contributed by atoms with Gasteiger partial charge in [0.2, 0.25) is 0 Å². The lowest BCUT2D eigenvalue weighted by atomic mass is 10.1. The van der Waals surface area contributed by atoms with Crippen molar-refractivity contribution in [2.45, 2.75) is 6.54 Å². The summed E-state index contributed by atoms with van der Waals surface area (Å²) < 4.78 is 5.99. The molecule has 0 aliphatic rings.